The minimum Gasteiger partial charge on any atom is -0.354 e. The van der Waals surface area contributed by atoms with Crippen LogP contribution in [0.15, 0.2) is 35.0 Å². The van der Waals surface area contributed by atoms with Gasteiger partial charge in [0.1, 0.15) is 11.4 Å². The number of carbonyl (C=O) groups is 1. The van der Waals surface area contributed by atoms with E-state index in [1.807, 2.05) is 32.0 Å². The highest BCUT2D eigenvalue weighted by Gasteiger charge is 2.19. The van der Waals surface area contributed by atoms with Crippen molar-refractivity contribution in [3.63, 3.8) is 0 Å². The van der Waals surface area contributed by atoms with Crippen molar-refractivity contribution in [1.82, 2.24) is 10.1 Å². The summed E-state index contributed by atoms with van der Waals surface area (Å²) in [4.78, 5) is 15.6. The molecule has 0 fully saturated rings. The minimum absolute atomic E-state index is 0.201. The van der Waals surface area contributed by atoms with Crippen molar-refractivity contribution in [3.05, 3.63) is 51.6 Å². The third kappa shape index (κ3) is 3.38. The Labute approximate surface area is 155 Å². The smallest absolute Gasteiger partial charge is 0.221 e. The maximum absolute atomic E-state index is 11.3. The molecule has 1 N–H and O–H groups in total. The molecule has 2 aromatic heterocycles. The van der Waals surface area contributed by atoms with Gasteiger partial charge in [0.05, 0.1) is 15.7 Å². The first-order valence-corrected chi connectivity index (χ1v) is 8.29. The SMILES string of the molecule is CC(=O)Nc1c(Cl)cnc(-c2cc(-c3c(C)cccc3C)no2)c1Cl. The molecular weight excluding hydrogens is 361 g/mol. The Morgan fingerprint density at radius 1 is 1.20 bits per heavy atom. The summed E-state index contributed by atoms with van der Waals surface area (Å²) in [6.07, 6.45) is 1.41. The molecule has 0 unspecified atom stereocenters. The summed E-state index contributed by atoms with van der Waals surface area (Å²) in [5.74, 6) is 0.112. The van der Waals surface area contributed by atoms with E-state index in [0.717, 1.165) is 16.7 Å². The highest BCUT2D eigenvalue weighted by Crippen LogP contribution is 2.38. The first kappa shape index (κ1) is 17.5. The number of aryl methyl sites for hydroxylation is 2. The second-order valence-corrected chi connectivity index (χ2v) is 6.45. The van der Waals surface area contributed by atoms with E-state index in [4.69, 9.17) is 27.7 Å². The summed E-state index contributed by atoms with van der Waals surface area (Å²) in [6, 6.07) is 7.79. The van der Waals surface area contributed by atoms with Gasteiger partial charge in [-0.3, -0.25) is 4.79 Å². The van der Waals surface area contributed by atoms with E-state index in [-0.39, 0.29) is 16.0 Å². The zero-order valence-electron chi connectivity index (χ0n) is 13.9. The van der Waals surface area contributed by atoms with Gasteiger partial charge < -0.3 is 9.84 Å². The zero-order valence-corrected chi connectivity index (χ0v) is 15.4. The van der Waals surface area contributed by atoms with Gasteiger partial charge >= 0.3 is 0 Å². The monoisotopic (exact) mass is 375 g/mol. The summed E-state index contributed by atoms with van der Waals surface area (Å²) in [5.41, 5.74) is 4.54. The third-order valence-electron chi connectivity index (χ3n) is 3.76. The summed E-state index contributed by atoms with van der Waals surface area (Å²) in [6.45, 7) is 5.40. The molecule has 0 spiro atoms. The van der Waals surface area contributed by atoms with Crippen LogP contribution in [0, 0.1) is 13.8 Å². The molecule has 0 bridgehead atoms. The van der Waals surface area contributed by atoms with Crippen LogP contribution >= 0.6 is 23.2 Å². The molecule has 0 atom stereocenters. The second kappa shape index (κ2) is 6.86. The van der Waals surface area contributed by atoms with Crippen LogP contribution in [0.2, 0.25) is 10.0 Å². The maximum Gasteiger partial charge on any atom is 0.221 e. The minimum atomic E-state index is -0.283. The largest absolute Gasteiger partial charge is 0.354 e. The summed E-state index contributed by atoms with van der Waals surface area (Å²) < 4.78 is 5.44. The summed E-state index contributed by atoms with van der Waals surface area (Å²) in [7, 11) is 0. The van der Waals surface area contributed by atoms with Crippen LogP contribution in [0.4, 0.5) is 5.69 Å². The number of anilines is 1. The highest BCUT2D eigenvalue weighted by atomic mass is 35.5. The van der Waals surface area contributed by atoms with Gasteiger partial charge in [0.15, 0.2) is 5.76 Å². The number of nitrogens with one attached hydrogen (secondary N) is 1. The Kier molecular flexibility index (Phi) is 4.79. The molecule has 0 aliphatic rings. The van der Waals surface area contributed by atoms with Crippen molar-refractivity contribution in [1.29, 1.82) is 0 Å². The number of hydrogen-bond donors (Lipinski definition) is 1. The molecule has 7 heteroatoms. The average molecular weight is 376 g/mol. The van der Waals surface area contributed by atoms with Crippen LogP contribution in [0.3, 0.4) is 0 Å². The predicted octanol–water partition coefficient (Wildman–Crippen LogP) is 5.29. The van der Waals surface area contributed by atoms with Crippen molar-refractivity contribution in [2.24, 2.45) is 0 Å². The predicted molar refractivity (Wildman–Crippen MR) is 99.0 cm³/mol. The quantitative estimate of drug-likeness (QED) is 0.675. The molecule has 128 valence electrons. The molecule has 1 amide bonds. The number of amides is 1. The fraction of sp³-hybridized carbons (Fsp3) is 0.167. The number of halogens is 2. The molecule has 0 aliphatic heterocycles. The van der Waals surface area contributed by atoms with E-state index in [2.05, 4.69) is 15.5 Å². The van der Waals surface area contributed by atoms with Crippen molar-refractivity contribution in [3.8, 4) is 22.7 Å². The Balaban J connectivity index is 2.08. The lowest BCUT2D eigenvalue weighted by Crippen LogP contribution is -2.07. The Bertz CT molecular complexity index is 947. The standard InChI is InChI=1S/C18H15Cl2N3O2/c1-9-5-4-6-10(2)15(9)13-7-14(25-23-13)18-16(20)17(22-11(3)24)12(19)8-21-18/h4-8H,1-3H3,(H,21,22,24). The van der Waals surface area contributed by atoms with Crippen LogP contribution in [0.25, 0.3) is 22.7 Å². The van der Waals surface area contributed by atoms with E-state index >= 15 is 0 Å². The van der Waals surface area contributed by atoms with Gasteiger partial charge in [-0.2, -0.15) is 0 Å². The van der Waals surface area contributed by atoms with Crippen LogP contribution in [0.1, 0.15) is 18.1 Å². The molecule has 25 heavy (non-hydrogen) atoms. The Hall–Kier alpha value is -2.37. The summed E-state index contributed by atoms with van der Waals surface area (Å²) >= 11 is 12.4. The number of rotatable bonds is 3. The number of nitrogens with zero attached hydrogens (tertiary/aromatic N) is 2. The normalized spacial score (nSPS) is 10.8. The first-order chi connectivity index (χ1) is 11.9. The van der Waals surface area contributed by atoms with Crippen molar-refractivity contribution in [2.75, 3.05) is 5.32 Å². The molecule has 3 rings (SSSR count). The number of pyridine rings is 1. The zero-order chi connectivity index (χ0) is 18.1. The molecule has 2 heterocycles. The Morgan fingerprint density at radius 3 is 2.52 bits per heavy atom. The van der Waals surface area contributed by atoms with Gasteiger partial charge in [0.2, 0.25) is 5.91 Å². The Morgan fingerprint density at radius 2 is 1.88 bits per heavy atom. The third-order valence-corrected chi connectivity index (χ3v) is 4.41. The maximum atomic E-state index is 11.3. The number of aromatic nitrogens is 2. The van der Waals surface area contributed by atoms with Gasteiger partial charge in [0, 0.05) is 24.8 Å². The van der Waals surface area contributed by atoms with Gasteiger partial charge in [-0.25, -0.2) is 4.98 Å². The van der Waals surface area contributed by atoms with Gasteiger partial charge in [-0.15, -0.1) is 0 Å². The fourth-order valence-electron chi connectivity index (χ4n) is 2.65. The van der Waals surface area contributed by atoms with E-state index in [9.17, 15) is 4.79 Å². The van der Waals surface area contributed by atoms with E-state index < -0.39 is 0 Å². The lowest BCUT2D eigenvalue weighted by atomic mass is 10.00. The lowest BCUT2D eigenvalue weighted by molar-refractivity contribution is -0.114. The number of benzene rings is 1. The average Bonchev–Trinajstić information content (AvgIpc) is 3.00. The summed E-state index contributed by atoms with van der Waals surface area (Å²) in [5, 5.41) is 7.20. The topological polar surface area (TPSA) is 68.0 Å². The van der Waals surface area contributed by atoms with Crippen LogP contribution in [0.5, 0.6) is 0 Å². The molecule has 1 aromatic carbocycles. The van der Waals surface area contributed by atoms with E-state index in [1.54, 1.807) is 6.07 Å². The van der Waals surface area contributed by atoms with Gasteiger partial charge in [0.25, 0.3) is 0 Å². The number of carbonyl (C=O) groups excluding carboxylic acids is 1. The van der Waals surface area contributed by atoms with Gasteiger partial charge in [-0.05, 0) is 25.0 Å². The molecular formula is C18H15Cl2N3O2. The molecule has 3 aromatic rings. The number of hydrogen-bond acceptors (Lipinski definition) is 4. The molecule has 0 saturated carbocycles. The van der Waals surface area contributed by atoms with Crippen LogP contribution in [-0.4, -0.2) is 16.0 Å². The van der Waals surface area contributed by atoms with Crippen molar-refractivity contribution >= 4 is 34.8 Å². The fourth-order valence-corrected chi connectivity index (χ4v) is 3.18. The molecule has 0 radical (unpaired) electrons. The highest BCUT2D eigenvalue weighted by molar-refractivity contribution is 6.41. The molecule has 0 saturated heterocycles. The first-order valence-electron chi connectivity index (χ1n) is 7.53. The lowest BCUT2D eigenvalue weighted by Gasteiger charge is -2.09. The van der Waals surface area contributed by atoms with Gasteiger partial charge in [-0.1, -0.05) is 46.6 Å². The van der Waals surface area contributed by atoms with Crippen LogP contribution in [-0.2, 0) is 4.79 Å². The second-order valence-electron chi connectivity index (χ2n) is 5.67. The van der Waals surface area contributed by atoms with Crippen molar-refractivity contribution in [2.45, 2.75) is 20.8 Å². The van der Waals surface area contributed by atoms with E-state index in [1.165, 1.54) is 13.1 Å². The van der Waals surface area contributed by atoms with E-state index in [0.29, 0.717) is 22.8 Å². The molecule has 5 nitrogen and oxygen atoms in total. The molecule has 0 aliphatic carbocycles. The van der Waals surface area contributed by atoms with Crippen molar-refractivity contribution < 1.29 is 9.32 Å². The van der Waals surface area contributed by atoms with Crippen LogP contribution < -0.4 is 5.32 Å².